The molecule has 94 valence electrons. The Labute approximate surface area is 103 Å². The maximum Gasteiger partial charge on any atom is 0.126 e. The van der Waals surface area contributed by atoms with Crippen molar-refractivity contribution >= 4 is 11.5 Å². The molecular weight excluding hydrogens is 214 g/mol. The van der Waals surface area contributed by atoms with Crippen molar-refractivity contribution < 1.29 is 4.74 Å². The summed E-state index contributed by atoms with van der Waals surface area (Å²) in [5.41, 5.74) is 7.81. The van der Waals surface area contributed by atoms with Crippen LogP contribution in [0.25, 0.3) is 0 Å². The van der Waals surface area contributed by atoms with Gasteiger partial charge in [-0.05, 0) is 43.7 Å². The van der Waals surface area contributed by atoms with Gasteiger partial charge in [-0.2, -0.15) is 0 Å². The van der Waals surface area contributed by atoms with Crippen LogP contribution >= 0.6 is 0 Å². The molecule has 1 aromatic rings. The first-order valence-corrected chi connectivity index (χ1v) is 6.11. The number of ether oxygens (including phenoxy) is 1. The fraction of sp³-hybridized carbons (Fsp3) is 0.615. The Hall–Kier alpha value is -1.29. The highest BCUT2D eigenvalue weighted by Crippen LogP contribution is 2.48. The average Bonchev–Trinajstić information content (AvgIpc) is 3.09. The van der Waals surface area contributed by atoms with E-state index in [2.05, 4.69) is 10.3 Å². The quantitative estimate of drug-likeness (QED) is 0.793. The lowest BCUT2D eigenvalue weighted by atomic mass is 10.0. The molecule has 1 fully saturated rings. The minimum atomic E-state index is 0.437. The molecule has 4 heteroatoms. The van der Waals surface area contributed by atoms with Crippen LogP contribution in [-0.2, 0) is 4.74 Å². The van der Waals surface area contributed by atoms with Crippen molar-refractivity contribution in [2.75, 3.05) is 31.3 Å². The number of nitrogen functional groups attached to an aromatic ring is 1. The molecule has 0 spiro atoms. The second-order valence-corrected chi connectivity index (χ2v) is 4.97. The van der Waals surface area contributed by atoms with Crippen LogP contribution in [0.1, 0.15) is 25.0 Å². The third-order valence-corrected chi connectivity index (χ3v) is 3.56. The largest absolute Gasteiger partial charge is 0.397 e. The minimum absolute atomic E-state index is 0.437. The summed E-state index contributed by atoms with van der Waals surface area (Å²) in [4.78, 5) is 4.42. The molecule has 0 radical (unpaired) electrons. The molecule has 0 atom stereocenters. The number of rotatable bonds is 6. The van der Waals surface area contributed by atoms with Crippen LogP contribution in [0, 0.1) is 12.3 Å². The molecule has 1 aliphatic carbocycles. The normalized spacial score (nSPS) is 16.8. The van der Waals surface area contributed by atoms with E-state index in [9.17, 15) is 0 Å². The lowest BCUT2D eigenvalue weighted by Gasteiger charge is -2.16. The van der Waals surface area contributed by atoms with Crippen molar-refractivity contribution in [3.63, 3.8) is 0 Å². The molecule has 0 bridgehead atoms. The molecule has 2 rings (SSSR count). The molecule has 0 amide bonds. The number of aromatic nitrogens is 1. The molecule has 4 nitrogen and oxygen atoms in total. The molecular formula is C13H21N3O. The van der Waals surface area contributed by atoms with Crippen molar-refractivity contribution in [1.29, 1.82) is 0 Å². The van der Waals surface area contributed by atoms with Crippen LogP contribution in [-0.4, -0.2) is 25.2 Å². The first-order chi connectivity index (χ1) is 8.15. The van der Waals surface area contributed by atoms with Gasteiger partial charge >= 0.3 is 0 Å². The Bertz CT molecular complexity index is 388. The molecule has 0 unspecified atom stereocenters. The second kappa shape index (κ2) is 4.92. The Morgan fingerprint density at radius 1 is 1.47 bits per heavy atom. The van der Waals surface area contributed by atoms with Gasteiger partial charge in [-0.1, -0.05) is 0 Å². The van der Waals surface area contributed by atoms with Crippen molar-refractivity contribution in [1.82, 2.24) is 4.98 Å². The van der Waals surface area contributed by atoms with E-state index in [1.165, 1.54) is 12.8 Å². The monoisotopic (exact) mass is 235 g/mol. The Balaban J connectivity index is 1.87. The Kier molecular flexibility index (Phi) is 3.52. The number of methoxy groups -OCH3 is 1. The van der Waals surface area contributed by atoms with E-state index in [4.69, 9.17) is 10.5 Å². The smallest absolute Gasteiger partial charge is 0.126 e. The zero-order valence-corrected chi connectivity index (χ0v) is 10.6. The highest BCUT2D eigenvalue weighted by molar-refractivity contribution is 5.49. The standard InChI is InChI=1S/C13H21N3O/c1-10-11(14)3-4-12(16-10)15-9-13(5-6-13)7-8-17-2/h3-4H,5-9,14H2,1-2H3,(H,15,16). The number of hydrogen-bond donors (Lipinski definition) is 2. The molecule has 1 aliphatic rings. The van der Waals surface area contributed by atoms with Crippen molar-refractivity contribution in [2.24, 2.45) is 5.41 Å². The maximum atomic E-state index is 5.74. The summed E-state index contributed by atoms with van der Waals surface area (Å²) in [5, 5.41) is 3.40. The number of pyridine rings is 1. The number of aryl methyl sites for hydroxylation is 1. The lowest BCUT2D eigenvalue weighted by Crippen LogP contribution is -2.18. The van der Waals surface area contributed by atoms with Crippen LogP contribution in [0.4, 0.5) is 11.5 Å². The number of nitrogens with two attached hydrogens (primary N) is 1. The van der Waals surface area contributed by atoms with Gasteiger partial charge in [-0.15, -0.1) is 0 Å². The molecule has 3 N–H and O–H groups in total. The van der Waals surface area contributed by atoms with E-state index >= 15 is 0 Å². The van der Waals surface area contributed by atoms with E-state index in [0.29, 0.717) is 5.41 Å². The Morgan fingerprint density at radius 2 is 2.24 bits per heavy atom. The van der Waals surface area contributed by atoms with Gasteiger partial charge in [-0.3, -0.25) is 0 Å². The number of anilines is 2. The molecule has 0 aliphatic heterocycles. The van der Waals surface area contributed by atoms with E-state index in [-0.39, 0.29) is 0 Å². The summed E-state index contributed by atoms with van der Waals surface area (Å²) in [6.07, 6.45) is 3.71. The van der Waals surface area contributed by atoms with E-state index in [1.807, 2.05) is 19.1 Å². The van der Waals surface area contributed by atoms with E-state index in [0.717, 1.165) is 36.8 Å². The number of nitrogens with zero attached hydrogens (tertiary/aromatic N) is 1. The predicted molar refractivity (Wildman–Crippen MR) is 70.0 cm³/mol. The van der Waals surface area contributed by atoms with Crippen LogP contribution < -0.4 is 11.1 Å². The fourth-order valence-electron chi connectivity index (χ4n) is 1.96. The Morgan fingerprint density at radius 3 is 2.82 bits per heavy atom. The molecule has 0 saturated heterocycles. The van der Waals surface area contributed by atoms with Crippen LogP contribution in [0.15, 0.2) is 12.1 Å². The lowest BCUT2D eigenvalue weighted by molar-refractivity contribution is 0.175. The summed E-state index contributed by atoms with van der Waals surface area (Å²) < 4.78 is 5.14. The molecule has 1 saturated carbocycles. The van der Waals surface area contributed by atoms with Gasteiger partial charge < -0.3 is 15.8 Å². The van der Waals surface area contributed by atoms with Crippen molar-refractivity contribution in [2.45, 2.75) is 26.2 Å². The van der Waals surface area contributed by atoms with E-state index < -0.39 is 0 Å². The van der Waals surface area contributed by atoms with Gasteiger partial charge in [0, 0.05) is 20.3 Å². The van der Waals surface area contributed by atoms with Gasteiger partial charge in [0.05, 0.1) is 11.4 Å². The number of hydrogen-bond acceptors (Lipinski definition) is 4. The topological polar surface area (TPSA) is 60.2 Å². The summed E-state index contributed by atoms with van der Waals surface area (Å²) in [6, 6.07) is 3.84. The molecule has 0 aromatic carbocycles. The summed E-state index contributed by atoms with van der Waals surface area (Å²) >= 11 is 0. The van der Waals surface area contributed by atoms with E-state index in [1.54, 1.807) is 7.11 Å². The molecule has 1 heterocycles. The highest BCUT2D eigenvalue weighted by atomic mass is 16.5. The molecule has 17 heavy (non-hydrogen) atoms. The number of nitrogens with one attached hydrogen (secondary N) is 1. The molecule has 1 aromatic heterocycles. The van der Waals surface area contributed by atoms with Gasteiger partial charge in [-0.25, -0.2) is 4.98 Å². The van der Waals surface area contributed by atoms with Gasteiger partial charge in [0.25, 0.3) is 0 Å². The van der Waals surface area contributed by atoms with Crippen LogP contribution in [0.3, 0.4) is 0 Å². The SMILES string of the molecule is COCCC1(CNc2ccc(N)c(C)n2)CC1. The van der Waals surface area contributed by atoms with Gasteiger partial charge in [0.1, 0.15) is 5.82 Å². The third-order valence-electron chi connectivity index (χ3n) is 3.56. The summed E-state index contributed by atoms with van der Waals surface area (Å²) in [7, 11) is 1.76. The first kappa shape index (κ1) is 12.2. The zero-order chi connectivity index (χ0) is 12.3. The van der Waals surface area contributed by atoms with Crippen LogP contribution in [0.2, 0.25) is 0 Å². The first-order valence-electron chi connectivity index (χ1n) is 6.11. The third kappa shape index (κ3) is 3.09. The van der Waals surface area contributed by atoms with Crippen molar-refractivity contribution in [3.8, 4) is 0 Å². The predicted octanol–water partition coefficient (Wildman–Crippen LogP) is 2.20. The maximum absolute atomic E-state index is 5.74. The minimum Gasteiger partial charge on any atom is -0.397 e. The summed E-state index contributed by atoms with van der Waals surface area (Å²) in [6.45, 7) is 3.75. The summed E-state index contributed by atoms with van der Waals surface area (Å²) in [5.74, 6) is 0.917. The highest BCUT2D eigenvalue weighted by Gasteiger charge is 2.41. The fourth-order valence-corrected chi connectivity index (χ4v) is 1.96. The average molecular weight is 235 g/mol. The van der Waals surface area contributed by atoms with Gasteiger partial charge in [0.15, 0.2) is 0 Å². The van der Waals surface area contributed by atoms with Crippen LogP contribution in [0.5, 0.6) is 0 Å². The zero-order valence-electron chi connectivity index (χ0n) is 10.6. The second-order valence-electron chi connectivity index (χ2n) is 4.97. The van der Waals surface area contributed by atoms with Gasteiger partial charge in [0.2, 0.25) is 0 Å². The van der Waals surface area contributed by atoms with Crippen molar-refractivity contribution in [3.05, 3.63) is 17.8 Å².